The SMILES string of the molecule is CON=C1C[C@@H](c2noc(C3CCN(C)CC3)n2)N(C(=O)c2ccc(-c3ccccc3)cc2)C1. The van der Waals surface area contributed by atoms with Crippen LogP contribution in [0.2, 0.25) is 0 Å². The van der Waals surface area contributed by atoms with E-state index in [1.165, 1.54) is 7.11 Å². The van der Waals surface area contributed by atoms with Crippen LogP contribution in [-0.2, 0) is 4.84 Å². The van der Waals surface area contributed by atoms with Crippen molar-refractivity contribution in [3.8, 4) is 11.1 Å². The smallest absolute Gasteiger partial charge is 0.254 e. The van der Waals surface area contributed by atoms with Crippen molar-refractivity contribution in [2.75, 3.05) is 33.8 Å². The van der Waals surface area contributed by atoms with Crippen molar-refractivity contribution in [3.05, 3.63) is 71.9 Å². The molecule has 8 nitrogen and oxygen atoms in total. The average molecular weight is 460 g/mol. The van der Waals surface area contributed by atoms with E-state index < -0.39 is 0 Å². The second-order valence-electron chi connectivity index (χ2n) is 9.00. The van der Waals surface area contributed by atoms with Gasteiger partial charge in [-0.1, -0.05) is 52.8 Å². The van der Waals surface area contributed by atoms with Gasteiger partial charge in [0.25, 0.3) is 5.91 Å². The Morgan fingerprint density at radius 1 is 1.06 bits per heavy atom. The van der Waals surface area contributed by atoms with E-state index in [0.717, 1.165) is 42.8 Å². The van der Waals surface area contributed by atoms with Gasteiger partial charge >= 0.3 is 0 Å². The van der Waals surface area contributed by atoms with Gasteiger partial charge in [-0.05, 0) is 56.2 Å². The monoisotopic (exact) mass is 459 g/mol. The number of rotatable bonds is 5. The van der Waals surface area contributed by atoms with Gasteiger partial charge in [0, 0.05) is 17.9 Å². The van der Waals surface area contributed by atoms with E-state index in [4.69, 9.17) is 14.3 Å². The first-order chi connectivity index (χ1) is 16.6. The maximum absolute atomic E-state index is 13.5. The average Bonchev–Trinajstić information content (AvgIpc) is 3.53. The molecule has 176 valence electrons. The third-order valence-corrected chi connectivity index (χ3v) is 6.70. The minimum Gasteiger partial charge on any atom is -0.399 e. The summed E-state index contributed by atoms with van der Waals surface area (Å²) in [6, 6.07) is 17.5. The highest BCUT2D eigenvalue weighted by Gasteiger charge is 2.38. The van der Waals surface area contributed by atoms with Crippen molar-refractivity contribution in [2.24, 2.45) is 5.16 Å². The Balaban J connectivity index is 1.37. The molecule has 0 saturated carbocycles. The fraction of sp³-hybridized carbons (Fsp3) is 0.385. The summed E-state index contributed by atoms with van der Waals surface area (Å²) >= 11 is 0. The lowest BCUT2D eigenvalue weighted by atomic mass is 9.97. The summed E-state index contributed by atoms with van der Waals surface area (Å²) in [6.07, 6.45) is 2.51. The van der Waals surface area contributed by atoms with Gasteiger partial charge in [-0.3, -0.25) is 4.79 Å². The second-order valence-corrected chi connectivity index (χ2v) is 9.00. The van der Waals surface area contributed by atoms with Gasteiger partial charge in [-0.2, -0.15) is 4.98 Å². The maximum Gasteiger partial charge on any atom is 0.254 e. The summed E-state index contributed by atoms with van der Waals surface area (Å²) in [4.78, 5) is 27.3. The van der Waals surface area contributed by atoms with E-state index in [9.17, 15) is 4.79 Å². The number of likely N-dealkylation sites (tertiary alicyclic amines) is 2. The number of piperidine rings is 1. The van der Waals surface area contributed by atoms with Crippen LogP contribution in [0.3, 0.4) is 0 Å². The summed E-state index contributed by atoms with van der Waals surface area (Å²) in [5.74, 6) is 1.38. The molecule has 2 aliphatic rings. The van der Waals surface area contributed by atoms with Gasteiger partial charge < -0.3 is 19.2 Å². The maximum atomic E-state index is 13.5. The van der Waals surface area contributed by atoms with E-state index in [0.29, 0.717) is 30.2 Å². The molecule has 0 unspecified atom stereocenters. The molecule has 2 aromatic carbocycles. The van der Waals surface area contributed by atoms with Gasteiger partial charge in [-0.25, -0.2) is 0 Å². The molecule has 0 bridgehead atoms. The number of aromatic nitrogens is 2. The number of carbonyl (C=O) groups is 1. The molecule has 8 heteroatoms. The molecule has 0 spiro atoms. The Morgan fingerprint density at radius 3 is 2.47 bits per heavy atom. The fourth-order valence-electron chi connectivity index (χ4n) is 4.75. The topological polar surface area (TPSA) is 84.1 Å². The third-order valence-electron chi connectivity index (χ3n) is 6.70. The number of carbonyl (C=O) groups excluding carboxylic acids is 1. The number of benzene rings is 2. The lowest BCUT2D eigenvalue weighted by Crippen LogP contribution is -2.32. The van der Waals surface area contributed by atoms with E-state index in [-0.39, 0.29) is 17.9 Å². The van der Waals surface area contributed by atoms with Crippen molar-refractivity contribution in [3.63, 3.8) is 0 Å². The van der Waals surface area contributed by atoms with Crippen LogP contribution in [0.5, 0.6) is 0 Å². The lowest BCUT2D eigenvalue weighted by molar-refractivity contribution is 0.0732. The van der Waals surface area contributed by atoms with Gasteiger partial charge in [0.15, 0.2) is 5.82 Å². The van der Waals surface area contributed by atoms with Crippen molar-refractivity contribution >= 4 is 11.6 Å². The normalized spacial score (nSPS) is 20.7. The van der Waals surface area contributed by atoms with Crippen LogP contribution in [-0.4, -0.2) is 65.4 Å². The van der Waals surface area contributed by atoms with E-state index >= 15 is 0 Å². The molecule has 1 atom stereocenters. The predicted molar refractivity (Wildman–Crippen MR) is 128 cm³/mol. The Labute approximate surface area is 199 Å². The zero-order valence-corrected chi connectivity index (χ0v) is 19.6. The van der Waals surface area contributed by atoms with Crippen molar-refractivity contribution in [1.29, 1.82) is 0 Å². The minimum absolute atomic E-state index is 0.0865. The Kier molecular flexibility index (Phi) is 6.40. The Morgan fingerprint density at radius 2 is 1.76 bits per heavy atom. The predicted octanol–water partition coefficient (Wildman–Crippen LogP) is 4.14. The number of oxime groups is 1. The van der Waals surface area contributed by atoms with Crippen LogP contribution in [0, 0.1) is 0 Å². The molecule has 0 aliphatic carbocycles. The quantitative estimate of drug-likeness (QED) is 0.534. The molecule has 0 radical (unpaired) electrons. The highest BCUT2D eigenvalue weighted by atomic mass is 16.6. The summed E-state index contributed by atoms with van der Waals surface area (Å²) in [5, 5.41) is 8.39. The van der Waals surface area contributed by atoms with Gasteiger partial charge in [0.2, 0.25) is 5.89 Å². The minimum atomic E-state index is -0.334. The largest absolute Gasteiger partial charge is 0.399 e. The molecule has 3 heterocycles. The first kappa shape index (κ1) is 22.3. The van der Waals surface area contributed by atoms with Gasteiger partial charge in [0.05, 0.1) is 12.3 Å². The Hall–Kier alpha value is -3.52. The van der Waals surface area contributed by atoms with Crippen molar-refractivity contribution in [1.82, 2.24) is 19.9 Å². The number of hydrogen-bond donors (Lipinski definition) is 0. The van der Waals surface area contributed by atoms with Gasteiger partial charge in [-0.15, -0.1) is 0 Å². The second kappa shape index (κ2) is 9.77. The first-order valence-electron chi connectivity index (χ1n) is 11.7. The molecular weight excluding hydrogens is 430 g/mol. The molecule has 0 N–H and O–H groups in total. The molecule has 2 fully saturated rings. The first-order valence-corrected chi connectivity index (χ1v) is 11.7. The highest BCUT2D eigenvalue weighted by Crippen LogP contribution is 2.33. The number of nitrogens with zero attached hydrogens (tertiary/aromatic N) is 5. The highest BCUT2D eigenvalue weighted by molar-refractivity contribution is 6.00. The van der Waals surface area contributed by atoms with Crippen molar-refractivity contribution in [2.45, 2.75) is 31.2 Å². The van der Waals surface area contributed by atoms with Crippen LogP contribution in [0.25, 0.3) is 11.1 Å². The molecule has 5 rings (SSSR count). The fourth-order valence-corrected chi connectivity index (χ4v) is 4.75. The lowest BCUT2D eigenvalue weighted by Gasteiger charge is -2.26. The summed E-state index contributed by atoms with van der Waals surface area (Å²) in [5.41, 5.74) is 3.58. The molecule has 1 aromatic heterocycles. The van der Waals surface area contributed by atoms with Crippen LogP contribution in [0.1, 0.15) is 53.3 Å². The zero-order valence-electron chi connectivity index (χ0n) is 19.6. The van der Waals surface area contributed by atoms with E-state index in [1.54, 1.807) is 4.90 Å². The van der Waals surface area contributed by atoms with Crippen LogP contribution in [0.4, 0.5) is 0 Å². The Bertz CT molecular complexity index is 1150. The molecule has 34 heavy (non-hydrogen) atoms. The summed E-state index contributed by atoms with van der Waals surface area (Å²) < 4.78 is 5.66. The number of hydrogen-bond acceptors (Lipinski definition) is 7. The molecule has 2 aliphatic heterocycles. The zero-order chi connectivity index (χ0) is 23.5. The van der Waals surface area contributed by atoms with E-state index in [1.807, 2.05) is 42.5 Å². The number of amides is 1. The van der Waals surface area contributed by atoms with Crippen LogP contribution in [0.15, 0.2) is 64.3 Å². The van der Waals surface area contributed by atoms with Crippen LogP contribution >= 0.6 is 0 Å². The standard InChI is InChI=1S/C26H29N5O3/c1-30-14-12-20(13-15-30)25-27-24(29-34-25)23-16-22(28-33-2)17-31(23)26(32)21-10-8-19(9-11-21)18-6-4-3-5-7-18/h3-11,20,23H,12-17H2,1-2H3/t23-/m0/s1. The molecule has 1 amide bonds. The molecular formula is C26H29N5O3. The molecule has 2 saturated heterocycles. The van der Waals surface area contributed by atoms with E-state index in [2.05, 4.69) is 34.4 Å². The summed E-state index contributed by atoms with van der Waals surface area (Å²) in [7, 11) is 3.64. The van der Waals surface area contributed by atoms with Gasteiger partial charge in [0.1, 0.15) is 13.2 Å². The molecule has 3 aromatic rings. The summed E-state index contributed by atoms with van der Waals surface area (Å²) in [6.45, 7) is 2.40. The third kappa shape index (κ3) is 4.59. The van der Waals surface area contributed by atoms with Crippen molar-refractivity contribution < 1.29 is 14.2 Å². The van der Waals surface area contributed by atoms with Crippen LogP contribution < -0.4 is 0 Å².